The van der Waals surface area contributed by atoms with Gasteiger partial charge in [0.2, 0.25) is 11.8 Å². The van der Waals surface area contributed by atoms with Crippen LogP contribution < -0.4 is 10.3 Å². The summed E-state index contributed by atoms with van der Waals surface area (Å²) in [5.74, 6) is 1.13. The molecule has 3 aromatic carbocycles. The van der Waals surface area contributed by atoms with Gasteiger partial charge in [-0.2, -0.15) is 5.10 Å². The number of carbonyl (C=O) groups excluding carboxylic acids is 3. The first-order chi connectivity index (χ1) is 34.2. The fraction of sp³-hybridized carbons (Fsp3) is 0.491. The summed E-state index contributed by atoms with van der Waals surface area (Å²) in [6.45, 7) is 13.6. The number of nitrogens with one attached hydrogen (secondary N) is 1. The Morgan fingerprint density at radius 3 is 2.30 bits per heavy atom. The van der Waals surface area contributed by atoms with Crippen molar-refractivity contribution >= 4 is 28.5 Å². The summed E-state index contributed by atoms with van der Waals surface area (Å²) in [4.78, 5) is 76.1. The average Bonchev–Trinajstić information content (AvgIpc) is 3.81. The maximum Gasteiger partial charge on any atom is 0.272 e. The van der Waals surface area contributed by atoms with E-state index in [1.165, 1.54) is 24.5 Å². The Morgan fingerprint density at radius 2 is 1.49 bits per heavy atom. The minimum absolute atomic E-state index is 0.00540. The molecule has 368 valence electrons. The van der Waals surface area contributed by atoms with Crippen molar-refractivity contribution in [3.05, 3.63) is 129 Å². The lowest BCUT2D eigenvalue weighted by molar-refractivity contribution is -0.134. The topological polar surface area (TPSA) is 155 Å². The molecule has 10 rings (SSSR count). The van der Waals surface area contributed by atoms with Gasteiger partial charge in [0.25, 0.3) is 11.5 Å². The van der Waals surface area contributed by atoms with E-state index in [0.29, 0.717) is 92.7 Å². The molecule has 17 heteroatoms. The largest absolute Gasteiger partial charge is 0.492 e. The fourth-order valence-electron chi connectivity index (χ4n) is 11.1. The molecule has 0 radical (unpaired) electrons. The van der Waals surface area contributed by atoms with E-state index in [2.05, 4.69) is 58.0 Å². The molecule has 70 heavy (non-hydrogen) atoms. The molecule has 1 unspecified atom stereocenters. The van der Waals surface area contributed by atoms with Crippen LogP contribution in [0.15, 0.2) is 84.0 Å². The summed E-state index contributed by atoms with van der Waals surface area (Å²) in [6.07, 6.45) is 8.16. The van der Waals surface area contributed by atoms with Crippen LogP contribution in [-0.2, 0) is 29.1 Å². The molecule has 0 aliphatic carbocycles. The molecule has 16 nitrogen and oxygen atoms in total. The van der Waals surface area contributed by atoms with E-state index in [0.717, 1.165) is 102 Å². The molecule has 4 saturated heterocycles. The predicted molar refractivity (Wildman–Crippen MR) is 263 cm³/mol. The minimum atomic E-state index is -0.590. The second kappa shape index (κ2) is 21.9. The number of rotatable bonds is 14. The highest BCUT2D eigenvalue weighted by Gasteiger charge is 2.31. The molecular weight excluding hydrogens is 890 g/mol. The Bertz CT molecular complexity index is 2690. The van der Waals surface area contributed by atoms with Crippen LogP contribution in [0.3, 0.4) is 0 Å². The first-order valence-corrected chi connectivity index (χ1v) is 25.2. The number of aromatic amines is 1. The van der Waals surface area contributed by atoms with Crippen LogP contribution in [0, 0.1) is 11.7 Å². The van der Waals surface area contributed by atoms with Crippen molar-refractivity contribution < 1.29 is 23.5 Å². The molecule has 4 fully saturated rings. The van der Waals surface area contributed by atoms with E-state index in [-0.39, 0.29) is 22.9 Å². The molecular formula is C53H64FN11O5. The van der Waals surface area contributed by atoms with Crippen LogP contribution >= 0.6 is 0 Å². The Balaban J connectivity index is 0.600. The number of likely N-dealkylation sites (tertiary alicyclic amines) is 2. The maximum atomic E-state index is 15.1. The number of ether oxygens (including phenoxy) is 1. The third-order valence-corrected chi connectivity index (χ3v) is 15.2. The number of piperidine rings is 2. The number of halogens is 1. The smallest absolute Gasteiger partial charge is 0.272 e. The second-order valence-electron chi connectivity index (χ2n) is 19.8. The van der Waals surface area contributed by atoms with Crippen molar-refractivity contribution in [2.75, 3.05) is 111 Å². The van der Waals surface area contributed by atoms with E-state index in [4.69, 9.17) is 4.74 Å². The van der Waals surface area contributed by atoms with E-state index in [1.54, 1.807) is 35.5 Å². The predicted octanol–water partition coefficient (Wildman–Crippen LogP) is 3.86. The van der Waals surface area contributed by atoms with Gasteiger partial charge in [0.15, 0.2) is 0 Å². The number of carbonyl (C=O) groups is 3. The highest BCUT2D eigenvalue weighted by atomic mass is 19.1. The lowest BCUT2D eigenvalue weighted by Crippen LogP contribution is -2.55. The van der Waals surface area contributed by atoms with Gasteiger partial charge in [-0.1, -0.05) is 36.4 Å². The van der Waals surface area contributed by atoms with Crippen LogP contribution in [0.4, 0.5) is 4.39 Å². The SMILES string of the molecule is O=C(CN1CCN(CC2CCN(CCOc3cccc(C4CCCN(C(=O)CN5Cc6cncnc6C5)C4)c3)CC2)CC1)N1CCN(C(=O)c2cc(Cc3n[nH]c(=O)c4ccccc34)ccc2F)CC1. The molecule has 5 aliphatic rings. The zero-order valence-electron chi connectivity index (χ0n) is 40.0. The molecule has 3 amide bonds. The van der Waals surface area contributed by atoms with Gasteiger partial charge < -0.3 is 24.3 Å². The molecule has 5 aliphatic heterocycles. The number of aromatic nitrogens is 4. The van der Waals surface area contributed by atoms with Crippen LogP contribution in [0.5, 0.6) is 5.75 Å². The lowest BCUT2D eigenvalue weighted by Gasteiger charge is -2.40. The Kier molecular flexibility index (Phi) is 14.9. The summed E-state index contributed by atoms with van der Waals surface area (Å²) in [5.41, 5.74) is 4.44. The summed E-state index contributed by atoms with van der Waals surface area (Å²) < 4.78 is 21.4. The number of fused-ring (bicyclic) bond motifs is 2. The summed E-state index contributed by atoms with van der Waals surface area (Å²) >= 11 is 0. The molecule has 2 aromatic heterocycles. The Morgan fingerprint density at radius 1 is 0.729 bits per heavy atom. The van der Waals surface area contributed by atoms with Crippen molar-refractivity contribution in [1.29, 1.82) is 0 Å². The standard InChI is InChI=1S/C53H64FN11O5/c54-47-11-10-39(28-48-44-8-1-2-9-45(44)52(68)58-57-48)27-46(47)53(69)64-23-21-63(22-24-64)50(66)35-61-19-17-60(18-20-61)31-38-12-15-59(16-13-38)25-26-70-43-7-3-5-40(29-43)41-6-4-14-65(33-41)51(67)36-62-32-42-30-55-37-56-49(42)34-62/h1-3,5,7-11,27,29-30,37-38,41H,4,6,12-26,28,31-36H2,(H,58,68). The first kappa shape index (κ1) is 47.5. The van der Waals surface area contributed by atoms with Crippen LogP contribution in [0.1, 0.15) is 70.0 Å². The summed E-state index contributed by atoms with van der Waals surface area (Å²) in [7, 11) is 0. The van der Waals surface area contributed by atoms with Crippen LogP contribution in [-0.4, -0.2) is 184 Å². The number of hydrogen-bond acceptors (Lipinski definition) is 12. The van der Waals surface area contributed by atoms with Gasteiger partial charge in [0.1, 0.15) is 24.5 Å². The Hall–Kier alpha value is -6.14. The molecule has 0 bridgehead atoms. The zero-order chi connectivity index (χ0) is 48.0. The molecule has 1 atom stereocenters. The number of H-pyrrole nitrogens is 1. The average molecular weight is 954 g/mol. The second-order valence-corrected chi connectivity index (χ2v) is 19.8. The maximum absolute atomic E-state index is 15.1. The summed E-state index contributed by atoms with van der Waals surface area (Å²) in [5, 5.41) is 8.02. The van der Waals surface area contributed by atoms with Gasteiger partial charge >= 0.3 is 0 Å². The quantitative estimate of drug-likeness (QED) is 0.172. The van der Waals surface area contributed by atoms with Gasteiger partial charge in [0, 0.05) is 121 Å². The van der Waals surface area contributed by atoms with Crippen LogP contribution in [0.25, 0.3) is 10.8 Å². The number of benzene rings is 3. The van der Waals surface area contributed by atoms with Crippen LogP contribution in [0.2, 0.25) is 0 Å². The van der Waals surface area contributed by atoms with Crippen molar-refractivity contribution in [2.45, 2.75) is 51.1 Å². The Labute approximate surface area is 408 Å². The van der Waals surface area contributed by atoms with Gasteiger partial charge in [-0.05, 0) is 86.1 Å². The fourth-order valence-corrected chi connectivity index (χ4v) is 11.1. The van der Waals surface area contributed by atoms with Gasteiger partial charge in [-0.25, -0.2) is 19.5 Å². The van der Waals surface area contributed by atoms with E-state index < -0.39 is 11.7 Å². The van der Waals surface area contributed by atoms with Gasteiger partial charge in [-0.3, -0.25) is 33.9 Å². The monoisotopic (exact) mass is 954 g/mol. The molecule has 1 N–H and O–H groups in total. The van der Waals surface area contributed by atoms with Crippen molar-refractivity contribution in [3.63, 3.8) is 0 Å². The number of amides is 3. The number of hydrogen-bond donors (Lipinski definition) is 1. The molecule has 0 saturated carbocycles. The van der Waals surface area contributed by atoms with E-state index in [9.17, 15) is 19.2 Å². The molecule has 5 aromatic rings. The molecule has 7 heterocycles. The highest BCUT2D eigenvalue weighted by molar-refractivity contribution is 5.95. The van der Waals surface area contributed by atoms with E-state index in [1.807, 2.05) is 34.2 Å². The number of nitrogens with zero attached hydrogens (tertiary/aromatic N) is 10. The zero-order valence-corrected chi connectivity index (χ0v) is 40.0. The normalized spacial score (nSPS) is 20.0. The van der Waals surface area contributed by atoms with Crippen molar-refractivity contribution in [3.8, 4) is 5.75 Å². The summed E-state index contributed by atoms with van der Waals surface area (Å²) in [6, 6.07) is 20.2. The van der Waals surface area contributed by atoms with Crippen molar-refractivity contribution in [2.24, 2.45) is 5.92 Å². The third-order valence-electron chi connectivity index (χ3n) is 15.2. The van der Waals surface area contributed by atoms with E-state index >= 15 is 4.39 Å². The lowest BCUT2D eigenvalue weighted by atomic mass is 9.90. The highest BCUT2D eigenvalue weighted by Crippen LogP contribution is 2.30. The number of piperazine rings is 2. The van der Waals surface area contributed by atoms with Gasteiger partial charge in [0.05, 0.1) is 35.4 Å². The minimum Gasteiger partial charge on any atom is -0.492 e. The first-order valence-electron chi connectivity index (χ1n) is 25.2. The third kappa shape index (κ3) is 11.4. The van der Waals surface area contributed by atoms with Gasteiger partial charge in [-0.15, -0.1) is 0 Å². The molecule has 0 spiro atoms. The van der Waals surface area contributed by atoms with Crippen molar-refractivity contribution in [1.82, 2.24) is 54.5 Å².